The maximum atomic E-state index is 6.48. The molecule has 4 heteroatoms. The van der Waals surface area contributed by atoms with E-state index in [9.17, 15) is 0 Å². The highest BCUT2D eigenvalue weighted by Crippen LogP contribution is 2.57. The predicted octanol–water partition coefficient (Wildman–Crippen LogP) is 4.01. The molecule has 2 atom stereocenters. The summed E-state index contributed by atoms with van der Waals surface area (Å²) in [6, 6.07) is 0. The van der Waals surface area contributed by atoms with Crippen LogP contribution in [-0.2, 0) is 24.3 Å². The van der Waals surface area contributed by atoms with Crippen molar-refractivity contribution in [2.24, 2.45) is 7.05 Å². The number of fused-ring (bicyclic) bond motifs is 1. The van der Waals surface area contributed by atoms with Crippen molar-refractivity contribution in [2.75, 3.05) is 7.11 Å². The number of aromatic nitrogens is 1. The lowest BCUT2D eigenvalue weighted by Gasteiger charge is -2.25. The average Bonchev–Trinajstić information content (AvgIpc) is 2.91. The first kappa shape index (κ1) is 15.2. The molecule has 21 heavy (non-hydrogen) atoms. The predicted molar refractivity (Wildman–Crippen MR) is 88.8 cm³/mol. The van der Waals surface area contributed by atoms with Crippen molar-refractivity contribution in [2.45, 2.75) is 70.2 Å². The highest BCUT2D eigenvalue weighted by atomic mass is 28.4. The molecular weight excluding hydrogens is 278 g/mol. The minimum absolute atomic E-state index is 0.0484. The second-order valence-corrected chi connectivity index (χ2v) is 12.3. The maximum Gasteiger partial charge on any atom is 0.196 e. The Kier molecular flexibility index (Phi) is 3.53. The first-order valence-corrected chi connectivity index (χ1v) is 11.6. The van der Waals surface area contributed by atoms with Gasteiger partial charge in [-0.2, -0.15) is 0 Å². The highest BCUT2D eigenvalue weighted by Gasteiger charge is 2.56. The highest BCUT2D eigenvalue weighted by molar-refractivity contribution is 6.69. The Balaban J connectivity index is 1.96. The van der Waals surface area contributed by atoms with Crippen molar-refractivity contribution in [1.29, 1.82) is 0 Å². The average molecular weight is 308 g/mol. The molecule has 0 spiro atoms. The van der Waals surface area contributed by atoms with Gasteiger partial charge in [-0.25, -0.2) is 0 Å². The molecule has 1 saturated carbocycles. The number of nitrogens with zero attached hydrogens (tertiary/aromatic N) is 1. The van der Waals surface area contributed by atoms with Crippen LogP contribution in [0.5, 0.6) is 5.88 Å². The van der Waals surface area contributed by atoms with E-state index in [1.54, 1.807) is 12.7 Å². The summed E-state index contributed by atoms with van der Waals surface area (Å²) in [6.07, 6.45) is 6.14. The van der Waals surface area contributed by atoms with Crippen molar-refractivity contribution in [1.82, 2.24) is 4.57 Å². The summed E-state index contributed by atoms with van der Waals surface area (Å²) in [7, 11) is 2.47. The van der Waals surface area contributed by atoms with E-state index in [0.29, 0.717) is 5.92 Å². The van der Waals surface area contributed by atoms with Crippen LogP contribution in [-0.4, -0.2) is 25.6 Å². The van der Waals surface area contributed by atoms with Gasteiger partial charge in [-0.05, 0) is 64.2 Å². The molecule has 0 saturated heterocycles. The van der Waals surface area contributed by atoms with Gasteiger partial charge in [0.2, 0.25) is 0 Å². The van der Waals surface area contributed by atoms with E-state index in [-0.39, 0.29) is 5.60 Å². The number of ether oxygens (including phenoxy) is 1. The monoisotopic (exact) mass is 307 g/mol. The zero-order valence-corrected chi connectivity index (χ0v) is 15.4. The Morgan fingerprint density at radius 3 is 2.33 bits per heavy atom. The van der Waals surface area contributed by atoms with Gasteiger partial charge in [0.05, 0.1) is 12.7 Å². The molecule has 1 fully saturated rings. The summed E-state index contributed by atoms with van der Waals surface area (Å²) >= 11 is 0. The first-order valence-electron chi connectivity index (χ1n) is 8.21. The van der Waals surface area contributed by atoms with Crippen LogP contribution < -0.4 is 4.74 Å². The normalized spacial score (nSPS) is 28.4. The maximum absolute atomic E-state index is 6.48. The lowest BCUT2D eigenvalue weighted by Crippen LogP contribution is -2.32. The smallest absolute Gasteiger partial charge is 0.196 e. The molecule has 0 aromatic carbocycles. The third kappa shape index (κ3) is 2.57. The van der Waals surface area contributed by atoms with E-state index < -0.39 is 8.32 Å². The molecule has 0 radical (unpaired) electrons. The first-order chi connectivity index (χ1) is 9.77. The standard InChI is InChI=1S/C17H29NO2Si/c1-17(20-21(4,5)6)11-14(17)15-12-9-7-8-10-13(12)16(19-3)18(15)2/h14H,7-11H2,1-6H3/t14-,17+/m0/s1. The number of hydrogen-bond acceptors (Lipinski definition) is 2. The Morgan fingerprint density at radius 1 is 1.14 bits per heavy atom. The number of rotatable bonds is 4. The van der Waals surface area contributed by atoms with Crippen LogP contribution in [0.15, 0.2) is 0 Å². The van der Waals surface area contributed by atoms with Gasteiger partial charge in [0.25, 0.3) is 0 Å². The van der Waals surface area contributed by atoms with Gasteiger partial charge in [-0.3, -0.25) is 0 Å². The van der Waals surface area contributed by atoms with E-state index in [4.69, 9.17) is 9.16 Å². The van der Waals surface area contributed by atoms with Gasteiger partial charge in [0.15, 0.2) is 14.2 Å². The van der Waals surface area contributed by atoms with Gasteiger partial charge in [0, 0.05) is 24.2 Å². The topological polar surface area (TPSA) is 23.4 Å². The third-order valence-corrected chi connectivity index (χ3v) is 6.03. The Morgan fingerprint density at radius 2 is 1.76 bits per heavy atom. The molecule has 0 bridgehead atoms. The van der Waals surface area contributed by atoms with Crippen LogP contribution in [0, 0.1) is 0 Å². The second kappa shape index (κ2) is 4.88. The van der Waals surface area contributed by atoms with Gasteiger partial charge < -0.3 is 13.7 Å². The molecule has 2 aliphatic carbocycles. The lowest BCUT2D eigenvalue weighted by molar-refractivity contribution is 0.183. The van der Waals surface area contributed by atoms with Crippen LogP contribution in [0.1, 0.15) is 48.9 Å². The molecule has 0 amide bonds. The summed E-state index contributed by atoms with van der Waals surface area (Å²) in [5.74, 6) is 1.63. The van der Waals surface area contributed by atoms with Gasteiger partial charge >= 0.3 is 0 Å². The molecule has 1 aromatic heterocycles. The molecule has 1 aromatic rings. The van der Waals surface area contributed by atoms with Crippen molar-refractivity contribution in [3.05, 3.63) is 16.8 Å². The quantitative estimate of drug-likeness (QED) is 0.785. The van der Waals surface area contributed by atoms with Crippen LogP contribution >= 0.6 is 0 Å². The molecule has 118 valence electrons. The van der Waals surface area contributed by atoms with E-state index in [1.807, 2.05) is 0 Å². The molecule has 2 aliphatic rings. The Hall–Kier alpha value is -0.743. The minimum Gasteiger partial charge on any atom is -0.482 e. The summed E-state index contributed by atoms with van der Waals surface area (Å²) in [4.78, 5) is 0. The molecule has 0 unspecified atom stereocenters. The molecule has 3 nitrogen and oxygen atoms in total. The lowest BCUT2D eigenvalue weighted by atomic mass is 9.92. The molecule has 3 rings (SSSR count). The van der Waals surface area contributed by atoms with Gasteiger partial charge in [0.1, 0.15) is 0 Å². The van der Waals surface area contributed by atoms with Gasteiger partial charge in [-0.15, -0.1) is 0 Å². The fraction of sp³-hybridized carbons (Fsp3) is 0.765. The Labute approximate surface area is 129 Å². The molecule has 0 N–H and O–H groups in total. The van der Waals surface area contributed by atoms with Crippen LogP contribution in [0.3, 0.4) is 0 Å². The van der Waals surface area contributed by atoms with Crippen molar-refractivity contribution in [3.63, 3.8) is 0 Å². The largest absolute Gasteiger partial charge is 0.482 e. The summed E-state index contributed by atoms with van der Waals surface area (Å²) in [5, 5.41) is 0. The molecule has 0 aliphatic heterocycles. The minimum atomic E-state index is -1.50. The second-order valence-electron chi connectivity index (χ2n) is 7.90. The third-order valence-electron chi connectivity index (χ3n) is 4.95. The van der Waals surface area contributed by atoms with Crippen molar-refractivity contribution >= 4 is 8.32 Å². The summed E-state index contributed by atoms with van der Waals surface area (Å²) in [6.45, 7) is 9.16. The zero-order valence-electron chi connectivity index (χ0n) is 14.4. The van der Waals surface area contributed by atoms with Crippen LogP contribution in [0.2, 0.25) is 19.6 Å². The van der Waals surface area contributed by atoms with E-state index in [0.717, 1.165) is 12.3 Å². The number of methoxy groups -OCH3 is 1. The van der Waals surface area contributed by atoms with E-state index >= 15 is 0 Å². The van der Waals surface area contributed by atoms with E-state index in [1.165, 1.54) is 36.9 Å². The molecule has 1 heterocycles. The Bertz CT molecular complexity index is 558. The molecular formula is C17H29NO2Si. The van der Waals surface area contributed by atoms with E-state index in [2.05, 4.69) is 38.2 Å². The van der Waals surface area contributed by atoms with Crippen molar-refractivity contribution < 1.29 is 9.16 Å². The van der Waals surface area contributed by atoms with Gasteiger partial charge in [-0.1, -0.05) is 0 Å². The fourth-order valence-corrected chi connectivity index (χ4v) is 5.81. The SMILES string of the molecule is COc1c2c(c([C@@H]3C[C@@]3(C)O[Si](C)(C)C)n1C)CCCC2. The fourth-order valence-electron chi connectivity index (χ4n) is 4.19. The number of hydrogen-bond donors (Lipinski definition) is 0. The van der Waals surface area contributed by atoms with Crippen LogP contribution in [0.25, 0.3) is 0 Å². The summed E-state index contributed by atoms with van der Waals surface area (Å²) < 4.78 is 14.5. The summed E-state index contributed by atoms with van der Waals surface area (Å²) in [5.41, 5.74) is 4.56. The van der Waals surface area contributed by atoms with Crippen LogP contribution in [0.4, 0.5) is 0 Å². The zero-order chi connectivity index (χ0) is 15.4. The van der Waals surface area contributed by atoms with Crippen molar-refractivity contribution in [3.8, 4) is 5.88 Å².